The van der Waals surface area contributed by atoms with Crippen molar-refractivity contribution in [1.82, 2.24) is 4.90 Å². The SMILES string of the molecule is CCCC(=O)N1CCN(c2ccc(Cl)cc2NC(=O)COc2ccc(C)cc2C)CC1. The third kappa shape index (κ3) is 6.14. The van der Waals surface area contributed by atoms with Gasteiger partial charge in [-0.2, -0.15) is 0 Å². The van der Waals surface area contributed by atoms with Crippen molar-refractivity contribution < 1.29 is 14.3 Å². The number of halogens is 1. The van der Waals surface area contributed by atoms with Crippen LogP contribution in [-0.4, -0.2) is 49.5 Å². The van der Waals surface area contributed by atoms with Crippen LogP contribution < -0.4 is 15.0 Å². The fourth-order valence-electron chi connectivity index (χ4n) is 3.74. The van der Waals surface area contributed by atoms with Gasteiger partial charge in [0.2, 0.25) is 5.91 Å². The number of nitrogens with one attached hydrogen (secondary N) is 1. The van der Waals surface area contributed by atoms with Crippen molar-refractivity contribution in [2.24, 2.45) is 0 Å². The number of piperazine rings is 1. The van der Waals surface area contributed by atoms with Crippen LogP contribution in [0.4, 0.5) is 11.4 Å². The average Bonchev–Trinajstić information content (AvgIpc) is 2.73. The minimum absolute atomic E-state index is 0.0881. The van der Waals surface area contributed by atoms with Gasteiger partial charge in [-0.15, -0.1) is 0 Å². The van der Waals surface area contributed by atoms with Crippen LogP contribution in [0.15, 0.2) is 36.4 Å². The molecular formula is C24H30ClN3O3. The van der Waals surface area contributed by atoms with Gasteiger partial charge in [-0.25, -0.2) is 0 Å². The number of rotatable bonds is 7. The predicted molar refractivity (Wildman–Crippen MR) is 125 cm³/mol. The van der Waals surface area contributed by atoms with Gasteiger partial charge in [-0.05, 0) is 50.1 Å². The number of benzene rings is 2. The molecule has 1 heterocycles. The summed E-state index contributed by atoms with van der Waals surface area (Å²) in [6.07, 6.45) is 1.44. The molecule has 0 saturated carbocycles. The maximum atomic E-state index is 12.6. The molecule has 2 aromatic rings. The largest absolute Gasteiger partial charge is 0.483 e. The number of carbonyl (C=O) groups excluding carboxylic acids is 2. The Kier molecular flexibility index (Phi) is 7.80. The van der Waals surface area contributed by atoms with E-state index in [4.69, 9.17) is 16.3 Å². The Bertz CT molecular complexity index is 940. The Morgan fingerprint density at radius 3 is 2.48 bits per heavy atom. The first kappa shape index (κ1) is 22.9. The molecule has 1 fully saturated rings. The molecule has 0 radical (unpaired) electrons. The zero-order chi connectivity index (χ0) is 22.4. The van der Waals surface area contributed by atoms with E-state index in [0.29, 0.717) is 49.1 Å². The van der Waals surface area contributed by atoms with Crippen LogP contribution in [0, 0.1) is 13.8 Å². The lowest BCUT2D eigenvalue weighted by Crippen LogP contribution is -2.49. The van der Waals surface area contributed by atoms with Crippen LogP contribution in [0.5, 0.6) is 5.75 Å². The Morgan fingerprint density at radius 1 is 1.06 bits per heavy atom. The van der Waals surface area contributed by atoms with Crippen molar-refractivity contribution in [3.05, 3.63) is 52.5 Å². The van der Waals surface area contributed by atoms with Crippen molar-refractivity contribution >= 4 is 34.8 Å². The summed E-state index contributed by atoms with van der Waals surface area (Å²) in [5.41, 5.74) is 3.68. The van der Waals surface area contributed by atoms with Gasteiger partial charge in [0.25, 0.3) is 5.91 Å². The second kappa shape index (κ2) is 10.5. The summed E-state index contributed by atoms with van der Waals surface area (Å²) >= 11 is 6.19. The third-order valence-electron chi connectivity index (χ3n) is 5.36. The van der Waals surface area contributed by atoms with Crippen LogP contribution in [0.3, 0.4) is 0 Å². The summed E-state index contributed by atoms with van der Waals surface area (Å²) in [6, 6.07) is 11.3. The molecule has 2 aromatic carbocycles. The summed E-state index contributed by atoms with van der Waals surface area (Å²) < 4.78 is 5.70. The Morgan fingerprint density at radius 2 is 1.81 bits per heavy atom. The van der Waals surface area contributed by atoms with E-state index in [0.717, 1.165) is 23.2 Å². The van der Waals surface area contributed by atoms with Gasteiger partial charge < -0.3 is 19.9 Å². The van der Waals surface area contributed by atoms with Crippen LogP contribution in [0.2, 0.25) is 5.02 Å². The number of aryl methyl sites for hydroxylation is 2. The van der Waals surface area contributed by atoms with Crippen LogP contribution >= 0.6 is 11.6 Å². The molecule has 166 valence electrons. The predicted octanol–water partition coefficient (Wildman–Crippen LogP) is 4.42. The quantitative estimate of drug-likeness (QED) is 0.687. The van der Waals surface area contributed by atoms with Gasteiger partial charge in [-0.1, -0.05) is 36.2 Å². The number of nitrogens with zero attached hydrogens (tertiary/aromatic N) is 2. The molecule has 0 spiro atoms. The molecule has 0 aliphatic carbocycles. The number of amides is 2. The van der Waals surface area contributed by atoms with Gasteiger partial charge in [-0.3, -0.25) is 9.59 Å². The van der Waals surface area contributed by atoms with Gasteiger partial charge in [0.05, 0.1) is 11.4 Å². The highest BCUT2D eigenvalue weighted by Gasteiger charge is 2.22. The Labute approximate surface area is 189 Å². The highest BCUT2D eigenvalue weighted by Crippen LogP contribution is 2.30. The minimum atomic E-state index is -0.250. The zero-order valence-electron chi connectivity index (χ0n) is 18.4. The molecule has 1 saturated heterocycles. The highest BCUT2D eigenvalue weighted by molar-refractivity contribution is 6.31. The first-order chi connectivity index (χ1) is 14.9. The van der Waals surface area contributed by atoms with Crippen LogP contribution in [-0.2, 0) is 9.59 Å². The smallest absolute Gasteiger partial charge is 0.262 e. The fraction of sp³-hybridized carbons (Fsp3) is 0.417. The molecule has 0 aromatic heterocycles. The van der Waals surface area contributed by atoms with Crippen LogP contribution in [0.25, 0.3) is 0 Å². The van der Waals surface area contributed by atoms with Gasteiger partial charge in [0, 0.05) is 37.6 Å². The molecule has 3 rings (SSSR count). The zero-order valence-corrected chi connectivity index (χ0v) is 19.2. The van der Waals surface area contributed by atoms with E-state index < -0.39 is 0 Å². The Hall–Kier alpha value is -2.73. The van der Waals surface area contributed by atoms with Crippen molar-refractivity contribution in [2.45, 2.75) is 33.6 Å². The summed E-state index contributed by atoms with van der Waals surface area (Å²) in [5.74, 6) is 0.649. The second-order valence-corrected chi connectivity index (χ2v) is 8.32. The number of hydrogen-bond acceptors (Lipinski definition) is 4. The lowest BCUT2D eigenvalue weighted by atomic mass is 10.1. The molecule has 6 nitrogen and oxygen atoms in total. The van der Waals surface area contributed by atoms with Crippen molar-refractivity contribution in [3.8, 4) is 5.75 Å². The first-order valence-corrected chi connectivity index (χ1v) is 11.1. The molecule has 1 aliphatic heterocycles. The normalized spacial score (nSPS) is 13.8. The number of carbonyl (C=O) groups is 2. The number of ether oxygens (including phenoxy) is 1. The molecule has 7 heteroatoms. The third-order valence-corrected chi connectivity index (χ3v) is 5.59. The summed E-state index contributed by atoms with van der Waals surface area (Å²) in [5, 5.41) is 3.48. The maximum Gasteiger partial charge on any atom is 0.262 e. The van der Waals surface area contributed by atoms with Crippen molar-refractivity contribution in [1.29, 1.82) is 0 Å². The minimum Gasteiger partial charge on any atom is -0.483 e. The van der Waals surface area contributed by atoms with Gasteiger partial charge in [0.1, 0.15) is 5.75 Å². The fourth-order valence-corrected chi connectivity index (χ4v) is 3.92. The van der Waals surface area contributed by atoms with E-state index in [1.807, 2.05) is 56.0 Å². The van der Waals surface area contributed by atoms with E-state index in [1.54, 1.807) is 6.07 Å². The summed E-state index contributed by atoms with van der Waals surface area (Å²) in [4.78, 5) is 28.8. The molecule has 0 bridgehead atoms. The van der Waals surface area contributed by atoms with Crippen molar-refractivity contribution in [2.75, 3.05) is 43.0 Å². The topological polar surface area (TPSA) is 61.9 Å². The van der Waals surface area contributed by atoms with Crippen LogP contribution in [0.1, 0.15) is 30.9 Å². The van der Waals surface area contributed by atoms with E-state index >= 15 is 0 Å². The van der Waals surface area contributed by atoms with E-state index in [1.165, 1.54) is 0 Å². The van der Waals surface area contributed by atoms with E-state index in [2.05, 4.69) is 10.2 Å². The van der Waals surface area contributed by atoms with Crippen molar-refractivity contribution in [3.63, 3.8) is 0 Å². The summed E-state index contributed by atoms with van der Waals surface area (Å²) in [7, 11) is 0. The summed E-state index contributed by atoms with van der Waals surface area (Å²) in [6.45, 7) is 8.66. The lowest BCUT2D eigenvalue weighted by Gasteiger charge is -2.37. The molecule has 1 aliphatic rings. The second-order valence-electron chi connectivity index (χ2n) is 7.89. The monoisotopic (exact) mass is 443 g/mol. The molecule has 31 heavy (non-hydrogen) atoms. The lowest BCUT2D eigenvalue weighted by molar-refractivity contribution is -0.131. The average molecular weight is 444 g/mol. The molecule has 1 N–H and O–H groups in total. The number of anilines is 2. The standard InChI is InChI=1S/C24H30ClN3O3/c1-4-5-24(30)28-12-10-27(11-13-28)21-8-7-19(25)15-20(21)26-23(29)16-31-22-9-6-17(2)14-18(22)3/h6-9,14-15H,4-5,10-13,16H2,1-3H3,(H,26,29). The van der Waals surface area contributed by atoms with Gasteiger partial charge >= 0.3 is 0 Å². The number of hydrogen-bond donors (Lipinski definition) is 1. The molecule has 2 amide bonds. The van der Waals surface area contributed by atoms with Gasteiger partial charge in [0.15, 0.2) is 6.61 Å². The first-order valence-electron chi connectivity index (χ1n) is 10.7. The highest BCUT2D eigenvalue weighted by atomic mass is 35.5. The van der Waals surface area contributed by atoms with E-state index in [9.17, 15) is 9.59 Å². The maximum absolute atomic E-state index is 12.6. The molecular weight excluding hydrogens is 414 g/mol. The molecule has 0 atom stereocenters. The Balaban J connectivity index is 1.63. The van der Waals surface area contributed by atoms with E-state index in [-0.39, 0.29) is 18.4 Å². The molecule has 0 unspecified atom stereocenters.